The average molecular weight is 208 g/mol. The van der Waals surface area contributed by atoms with Crippen LogP contribution in [0.15, 0.2) is 0 Å². The van der Waals surface area contributed by atoms with E-state index in [1.807, 2.05) is 0 Å². The van der Waals surface area contributed by atoms with Gasteiger partial charge in [0.05, 0.1) is 0 Å². The summed E-state index contributed by atoms with van der Waals surface area (Å²) in [7, 11) is 0. The van der Waals surface area contributed by atoms with Crippen molar-refractivity contribution in [3.05, 3.63) is 39.4 Å². The van der Waals surface area contributed by atoms with Gasteiger partial charge in [0.15, 0.2) is 0 Å². The summed E-state index contributed by atoms with van der Waals surface area (Å²) in [6.45, 7) is 28.5. The van der Waals surface area contributed by atoms with E-state index in [0.29, 0.717) is 0 Å². The second-order valence-corrected chi connectivity index (χ2v) is 0. The van der Waals surface area contributed by atoms with E-state index < -0.39 is 0 Å². The van der Waals surface area contributed by atoms with E-state index in [-0.39, 0.29) is 17.4 Å². The Morgan fingerprint density at radius 2 is 0.308 bits per heavy atom. The van der Waals surface area contributed by atoms with Crippen LogP contribution in [-0.2, 0) is 17.4 Å². The van der Waals surface area contributed by atoms with Crippen LogP contribution >= 0.6 is 0 Å². The minimum atomic E-state index is 0. The van der Waals surface area contributed by atoms with Gasteiger partial charge in [0.2, 0.25) is 0 Å². The molecular formula is C6CrN6-6. The normalized spacial score (nSPS) is 0.923. The van der Waals surface area contributed by atoms with E-state index in [0.717, 1.165) is 0 Å². The van der Waals surface area contributed by atoms with E-state index in [2.05, 4.69) is 0 Å². The molecule has 0 fully saturated rings. The van der Waals surface area contributed by atoms with Crippen molar-refractivity contribution in [3.8, 4) is 0 Å². The fourth-order valence-electron chi connectivity index (χ4n) is 0. The Hall–Kier alpha value is -2.53. The summed E-state index contributed by atoms with van der Waals surface area (Å²) in [6, 6.07) is 0. The number of hydrogen-bond donors (Lipinski definition) is 0. The van der Waals surface area contributed by atoms with Gasteiger partial charge in [-0.1, -0.05) is 0 Å². The summed E-state index contributed by atoms with van der Waals surface area (Å²) >= 11 is 0. The molecule has 6 nitrogen and oxygen atoms in total. The molecule has 0 unspecified atom stereocenters. The zero-order valence-corrected chi connectivity index (χ0v) is 7.37. The van der Waals surface area contributed by atoms with Crippen molar-refractivity contribution in [1.82, 2.24) is 0 Å². The maximum absolute atomic E-state index is 6.25. The van der Waals surface area contributed by atoms with Gasteiger partial charge in [0.1, 0.15) is 0 Å². The summed E-state index contributed by atoms with van der Waals surface area (Å²) in [5, 5.41) is 37.5. The predicted octanol–water partition coefficient (Wildman–Crippen LogP) is 0.576. The number of hydrogen-bond acceptors (Lipinski definition) is 6. The SMILES string of the molecule is [C-]#N.[C-]#N.[C-]#N.[C-]#N.[C-]#N.[C-]#N.[Cr]. The first-order chi connectivity index (χ1) is 6.00. The van der Waals surface area contributed by atoms with Gasteiger partial charge in [0.25, 0.3) is 0 Å². The van der Waals surface area contributed by atoms with E-state index in [1.54, 1.807) is 0 Å². The van der Waals surface area contributed by atoms with Crippen molar-refractivity contribution < 1.29 is 17.4 Å². The molecule has 0 bridgehead atoms. The van der Waals surface area contributed by atoms with E-state index in [9.17, 15) is 0 Å². The van der Waals surface area contributed by atoms with Gasteiger partial charge in [-0.3, -0.25) is 0 Å². The van der Waals surface area contributed by atoms with Crippen molar-refractivity contribution in [1.29, 1.82) is 31.6 Å². The van der Waals surface area contributed by atoms with Crippen molar-refractivity contribution in [2.24, 2.45) is 0 Å². The van der Waals surface area contributed by atoms with Gasteiger partial charge < -0.3 is 71.0 Å². The molecule has 0 aliphatic carbocycles. The quantitative estimate of drug-likeness (QED) is 0.532. The monoisotopic (exact) mass is 208 g/mol. The summed E-state index contributed by atoms with van der Waals surface area (Å²) in [5.74, 6) is 0. The first-order valence-corrected chi connectivity index (χ1v) is 1.34. The average Bonchev–Trinajstić information content (AvgIpc) is 2.33. The van der Waals surface area contributed by atoms with Crippen LogP contribution in [0.2, 0.25) is 0 Å². The van der Waals surface area contributed by atoms with Crippen LogP contribution in [0.3, 0.4) is 0 Å². The van der Waals surface area contributed by atoms with Crippen molar-refractivity contribution >= 4 is 0 Å². The number of rotatable bonds is 0. The van der Waals surface area contributed by atoms with Gasteiger partial charge in [-0.05, 0) is 0 Å². The van der Waals surface area contributed by atoms with Crippen LogP contribution in [0, 0.1) is 71.0 Å². The van der Waals surface area contributed by atoms with E-state index in [4.69, 9.17) is 71.0 Å². The molecule has 66 valence electrons. The molecule has 0 saturated carbocycles. The van der Waals surface area contributed by atoms with Crippen molar-refractivity contribution in [2.45, 2.75) is 0 Å². The van der Waals surface area contributed by atoms with Gasteiger partial charge >= 0.3 is 0 Å². The largest absolute Gasteiger partial charge is 0.512 e. The third-order valence-electron chi connectivity index (χ3n) is 0. The van der Waals surface area contributed by atoms with Crippen LogP contribution < -0.4 is 0 Å². The Labute approximate surface area is 88.8 Å². The third-order valence-corrected chi connectivity index (χ3v) is 0. The minimum absolute atomic E-state index is 0. The molecule has 0 radical (unpaired) electrons. The number of nitrogens with zero attached hydrogens (tertiary/aromatic N) is 6. The molecule has 0 spiro atoms. The zero-order valence-electron chi connectivity index (χ0n) is 6.09. The van der Waals surface area contributed by atoms with Crippen LogP contribution in [-0.4, -0.2) is 0 Å². The minimum Gasteiger partial charge on any atom is -0.512 e. The molecule has 0 heterocycles. The topological polar surface area (TPSA) is 143 Å². The standard InChI is InChI=1S/6CN.Cr/c6*1-2;/q6*-1;. The van der Waals surface area contributed by atoms with Crippen LogP contribution in [0.25, 0.3) is 0 Å². The fraction of sp³-hybridized carbons (Fsp3) is 0. The molecule has 0 aromatic rings. The second kappa shape index (κ2) is 106. The van der Waals surface area contributed by atoms with Crippen molar-refractivity contribution in [2.75, 3.05) is 0 Å². The van der Waals surface area contributed by atoms with Crippen LogP contribution in [0.5, 0.6) is 0 Å². The Kier molecular flexibility index (Phi) is 638. The molecule has 13 heavy (non-hydrogen) atoms. The molecule has 0 aromatic heterocycles. The maximum Gasteiger partial charge on any atom is 0 e. The van der Waals surface area contributed by atoms with Gasteiger partial charge in [-0.2, -0.15) is 0 Å². The molecule has 0 aliphatic rings. The first-order valence-electron chi connectivity index (χ1n) is 1.34. The third kappa shape index (κ3) is 82.8. The van der Waals surface area contributed by atoms with Crippen LogP contribution in [0.4, 0.5) is 0 Å². The second-order valence-electron chi connectivity index (χ2n) is 0. The Balaban J connectivity index is -0.00000000655. The summed E-state index contributed by atoms with van der Waals surface area (Å²) in [5.41, 5.74) is 0. The molecule has 0 aliphatic heterocycles. The molecular weight excluding hydrogens is 208 g/mol. The van der Waals surface area contributed by atoms with Gasteiger partial charge in [0, 0.05) is 17.4 Å². The Morgan fingerprint density at radius 3 is 0.308 bits per heavy atom. The fourth-order valence-corrected chi connectivity index (χ4v) is 0. The molecule has 0 aromatic carbocycles. The predicted molar refractivity (Wildman–Crippen MR) is 29.8 cm³/mol. The Bertz CT molecular complexity index is 92.1. The summed E-state index contributed by atoms with van der Waals surface area (Å²) in [6.07, 6.45) is 0. The summed E-state index contributed by atoms with van der Waals surface area (Å²) < 4.78 is 0. The summed E-state index contributed by atoms with van der Waals surface area (Å²) in [4.78, 5) is 0. The molecule has 7 heteroatoms. The van der Waals surface area contributed by atoms with Crippen molar-refractivity contribution in [3.63, 3.8) is 0 Å². The van der Waals surface area contributed by atoms with Crippen LogP contribution in [0.1, 0.15) is 0 Å². The van der Waals surface area contributed by atoms with E-state index in [1.165, 1.54) is 0 Å². The maximum atomic E-state index is 6.25. The molecule has 0 rings (SSSR count). The van der Waals surface area contributed by atoms with E-state index >= 15 is 0 Å². The smallest absolute Gasteiger partial charge is 0 e. The molecule has 0 saturated heterocycles. The molecule has 0 amide bonds. The zero-order chi connectivity index (χ0) is 12.0. The van der Waals surface area contributed by atoms with Gasteiger partial charge in [-0.15, -0.1) is 0 Å². The molecule has 0 N–H and O–H groups in total. The Morgan fingerprint density at radius 1 is 0.308 bits per heavy atom. The first kappa shape index (κ1) is 77.9. The molecule has 0 atom stereocenters. The van der Waals surface area contributed by atoms with Gasteiger partial charge in [-0.25, -0.2) is 0 Å².